The standard InChI is InChI=1S/C20H22F3N3O4S/c1-2-3-4-11-18(27)24-25-19(28)14-7-5-10-17(12-14)31(29,30)26-16-9-6-8-15(13-16)20(21,22)23/h5-10,12-13,26H,2-4,11H2,1H3,(H,24,27)(H,25,28). The molecule has 2 rings (SSSR count). The molecule has 0 spiro atoms. The molecule has 0 saturated carbocycles. The lowest BCUT2D eigenvalue weighted by atomic mass is 10.2. The summed E-state index contributed by atoms with van der Waals surface area (Å²) < 4.78 is 65.7. The fourth-order valence-electron chi connectivity index (χ4n) is 2.57. The SMILES string of the molecule is CCCCCC(=O)NNC(=O)c1cccc(S(=O)(=O)Nc2cccc(C(F)(F)F)c2)c1. The number of sulfonamides is 1. The van der Waals surface area contributed by atoms with Crippen molar-refractivity contribution < 1.29 is 31.2 Å². The van der Waals surface area contributed by atoms with Crippen LogP contribution in [0, 0.1) is 0 Å². The van der Waals surface area contributed by atoms with Gasteiger partial charge in [-0.05, 0) is 42.8 Å². The minimum atomic E-state index is -4.62. The zero-order valence-electron chi connectivity index (χ0n) is 16.6. The van der Waals surface area contributed by atoms with Crippen LogP contribution in [0.2, 0.25) is 0 Å². The Bertz CT molecular complexity index is 1040. The van der Waals surface area contributed by atoms with E-state index in [1.54, 1.807) is 0 Å². The average molecular weight is 457 g/mol. The Kier molecular flexibility index (Phi) is 8.03. The zero-order chi connectivity index (χ0) is 23.1. The number of nitrogens with one attached hydrogen (secondary N) is 3. The van der Waals surface area contributed by atoms with Crippen LogP contribution in [0.3, 0.4) is 0 Å². The normalized spacial score (nSPS) is 11.6. The smallest absolute Gasteiger partial charge is 0.280 e. The summed E-state index contributed by atoms with van der Waals surface area (Å²) in [5.41, 5.74) is 3.11. The van der Waals surface area contributed by atoms with E-state index in [-0.39, 0.29) is 28.5 Å². The van der Waals surface area contributed by atoms with Crippen molar-refractivity contribution in [2.24, 2.45) is 0 Å². The van der Waals surface area contributed by atoms with E-state index in [9.17, 15) is 31.2 Å². The highest BCUT2D eigenvalue weighted by atomic mass is 32.2. The molecule has 0 radical (unpaired) electrons. The number of hydrogen-bond donors (Lipinski definition) is 3. The largest absolute Gasteiger partial charge is 0.416 e. The molecule has 31 heavy (non-hydrogen) atoms. The second kappa shape index (κ2) is 10.3. The monoisotopic (exact) mass is 457 g/mol. The number of halogens is 3. The molecule has 0 atom stereocenters. The Morgan fingerprint density at radius 3 is 2.35 bits per heavy atom. The van der Waals surface area contributed by atoms with Crippen molar-refractivity contribution in [2.75, 3.05) is 4.72 Å². The van der Waals surface area contributed by atoms with Crippen LogP contribution in [0.15, 0.2) is 53.4 Å². The van der Waals surface area contributed by atoms with E-state index in [2.05, 4.69) is 15.6 Å². The van der Waals surface area contributed by atoms with E-state index in [0.717, 1.165) is 31.0 Å². The van der Waals surface area contributed by atoms with Crippen molar-refractivity contribution in [1.82, 2.24) is 10.9 Å². The quantitative estimate of drug-likeness (QED) is 0.414. The molecule has 0 aliphatic heterocycles. The van der Waals surface area contributed by atoms with E-state index in [0.29, 0.717) is 12.5 Å². The fraction of sp³-hybridized carbons (Fsp3) is 0.300. The van der Waals surface area contributed by atoms with Crippen molar-refractivity contribution in [3.8, 4) is 0 Å². The lowest BCUT2D eigenvalue weighted by Crippen LogP contribution is -2.41. The predicted octanol–water partition coefficient (Wildman–Crippen LogP) is 3.85. The lowest BCUT2D eigenvalue weighted by Gasteiger charge is -2.12. The van der Waals surface area contributed by atoms with Crippen LogP contribution in [0.5, 0.6) is 0 Å². The number of amides is 2. The topological polar surface area (TPSA) is 104 Å². The summed E-state index contributed by atoms with van der Waals surface area (Å²) in [5, 5.41) is 0. The van der Waals surface area contributed by atoms with Crippen molar-refractivity contribution in [1.29, 1.82) is 0 Å². The number of hydrogen-bond acceptors (Lipinski definition) is 4. The van der Waals surface area contributed by atoms with Gasteiger partial charge in [0.2, 0.25) is 5.91 Å². The van der Waals surface area contributed by atoms with Crippen molar-refractivity contribution >= 4 is 27.5 Å². The van der Waals surface area contributed by atoms with E-state index < -0.39 is 27.7 Å². The number of benzene rings is 2. The van der Waals surface area contributed by atoms with Gasteiger partial charge in [-0.25, -0.2) is 8.42 Å². The third-order valence-electron chi connectivity index (χ3n) is 4.17. The molecule has 2 amide bonds. The third kappa shape index (κ3) is 7.28. The minimum Gasteiger partial charge on any atom is -0.280 e. The second-order valence-corrected chi connectivity index (χ2v) is 8.35. The van der Waals surface area contributed by atoms with Crippen molar-refractivity contribution in [3.63, 3.8) is 0 Å². The second-order valence-electron chi connectivity index (χ2n) is 6.67. The molecular weight excluding hydrogens is 435 g/mol. The Balaban J connectivity index is 2.09. The van der Waals surface area contributed by atoms with Gasteiger partial charge in [-0.15, -0.1) is 0 Å². The first-order chi connectivity index (χ1) is 14.5. The maximum Gasteiger partial charge on any atom is 0.416 e. The molecule has 7 nitrogen and oxygen atoms in total. The number of rotatable bonds is 8. The van der Waals surface area contributed by atoms with E-state index in [4.69, 9.17) is 0 Å². The number of unbranched alkanes of at least 4 members (excludes halogenated alkanes) is 2. The van der Waals surface area contributed by atoms with Crippen LogP contribution in [0.4, 0.5) is 18.9 Å². The molecule has 168 valence electrons. The number of carbonyl (C=O) groups excluding carboxylic acids is 2. The van der Waals surface area contributed by atoms with Crippen LogP contribution < -0.4 is 15.6 Å². The highest BCUT2D eigenvalue weighted by Crippen LogP contribution is 2.31. The molecule has 0 aliphatic rings. The molecule has 0 unspecified atom stereocenters. The molecular formula is C20H22F3N3O4S. The summed E-state index contributed by atoms with van der Waals surface area (Å²) in [6.45, 7) is 1.99. The molecule has 11 heteroatoms. The van der Waals surface area contributed by atoms with Crippen molar-refractivity contribution in [2.45, 2.75) is 43.7 Å². The summed E-state index contributed by atoms with van der Waals surface area (Å²) in [6.07, 6.45) is -1.90. The van der Waals surface area contributed by atoms with Gasteiger partial charge in [0.1, 0.15) is 0 Å². The Hall–Kier alpha value is -3.08. The fourth-order valence-corrected chi connectivity index (χ4v) is 3.67. The summed E-state index contributed by atoms with van der Waals surface area (Å²) in [6, 6.07) is 8.62. The Morgan fingerprint density at radius 2 is 1.68 bits per heavy atom. The summed E-state index contributed by atoms with van der Waals surface area (Å²) >= 11 is 0. The molecule has 3 N–H and O–H groups in total. The van der Waals surface area contributed by atoms with Crippen LogP contribution in [0.25, 0.3) is 0 Å². The number of hydrazine groups is 1. The molecule has 0 fully saturated rings. The van der Waals surface area contributed by atoms with Gasteiger partial charge in [0, 0.05) is 17.7 Å². The van der Waals surface area contributed by atoms with Crippen LogP contribution in [0.1, 0.15) is 48.5 Å². The number of alkyl halides is 3. The van der Waals surface area contributed by atoms with Gasteiger partial charge in [0.15, 0.2) is 0 Å². The molecule has 2 aromatic carbocycles. The van der Waals surface area contributed by atoms with Gasteiger partial charge in [-0.2, -0.15) is 13.2 Å². The van der Waals surface area contributed by atoms with Crippen LogP contribution >= 0.6 is 0 Å². The first-order valence-corrected chi connectivity index (χ1v) is 10.9. The number of carbonyl (C=O) groups is 2. The molecule has 0 aromatic heterocycles. The minimum absolute atomic E-state index is 0.0548. The van der Waals surface area contributed by atoms with Crippen LogP contribution in [-0.2, 0) is 21.0 Å². The summed E-state index contributed by atoms with van der Waals surface area (Å²) in [5.74, 6) is -1.11. The summed E-state index contributed by atoms with van der Waals surface area (Å²) in [7, 11) is -4.26. The van der Waals surface area contributed by atoms with Gasteiger partial charge in [0.05, 0.1) is 10.5 Å². The zero-order valence-corrected chi connectivity index (χ0v) is 17.4. The van der Waals surface area contributed by atoms with Gasteiger partial charge >= 0.3 is 6.18 Å². The first kappa shape index (κ1) is 24.2. The predicted molar refractivity (Wildman–Crippen MR) is 108 cm³/mol. The maximum atomic E-state index is 12.8. The van der Waals surface area contributed by atoms with Gasteiger partial charge in [-0.1, -0.05) is 31.9 Å². The average Bonchev–Trinajstić information content (AvgIpc) is 2.71. The first-order valence-electron chi connectivity index (χ1n) is 9.42. The maximum absolute atomic E-state index is 12.8. The molecule has 2 aromatic rings. The van der Waals surface area contributed by atoms with E-state index >= 15 is 0 Å². The highest BCUT2D eigenvalue weighted by Gasteiger charge is 2.30. The lowest BCUT2D eigenvalue weighted by molar-refractivity contribution is -0.137. The van der Waals surface area contributed by atoms with E-state index in [1.165, 1.54) is 24.3 Å². The van der Waals surface area contributed by atoms with Gasteiger partial charge in [0.25, 0.3) is 15.9 Å². The Labute approximate surface area is 178 Å². The van der Waals surface area contributed by atoms with Crippen LogP contribution in [-0.4, -0.2) is 20.2 Å². The molecule has 0 saturated heterocycles. The highest BCUT2D eigenvalue weighted by molar-refractivity contribution is 7.92. The van der Waals surface area contributed by atoms with Crippen molar-refractivity contribution in [3.05, 3.63) is 59.7 Å². The molecule has 0 heterocycles. The molecule has 0 aliphatic carbocycles. The van der Waals surface area contributed by atoms with Gasteiger partial charge < -0.3 is 0 Å². The van der Waals surface area contributed by atoms with E-state index in [1.807, 2.05) is 6.92 Å². The third-order valence-corrected chi connectivity index (χ3v) is 5.55. The molecule has 0 bridgehead atoms. The Morgan fingerprint density at radius 1 is 0.968 bits per heavy atom. The van der Waals surface area contributed by atoms with Gasteiger partial charge in [-0.3, -0.25) is 25.2 Å². The summed E-state index contributed by atoms with van der Waals surface area (Å²) in [4.78, 5) is 23.5. The number of anilines is 1.